The largest absolute Gasteiger partial charge is 0.347 e. The van der Waals surface area contributed by atoms with Gasteiger partial charge in [0.15, 0.2) is 0 Å². The van der Waals surface area contributed by atoms with E-state index < -0.39 is 25.2 Å². The summed E-state index contributed by atoms with van der Waals surface area (Å²) >= 11 is 5.39. The molecule has 0 spiro atoms. The molecule has 0 bridgehead atoms. The molecule has 13 heavy (non-hydrogen) atoms. The van der Waals surface area contributed by atoms with Crippen molar-refractivity contribution in [2.45, 2.75) is 19.6 Å². The maximum Gasteiger partial charge on any atom is 0.347 e. The number of carbonyl (C=O) groups is 1. The molecule has 78 valence electrons. The van der Waals surface area contributed by atoms with Crippen molar-refractivity contribution in [3.63, 3.8) is 0 Å². The molecular formula is C6H13ClNO4P. The minimum atomic E-state index is -4.24. The van der Waals surface area contributed by atoms with E-state index in [2.05, 4.69) is 5.32 Å². The maximum absolute atomic E-state index is 11.1. The summed E-state index contributed by atoms with van der Waals surface area (Å²) in [6.45, 7) is 2.83. The first-order chi connectivity index (χ1) is 5.79. The lowest BCUT2D eigenvalue weighted by Gasteiger charge is -2.17. The van der Waals surface area contributed by atoms with E-state index >= 15 is 0 Å². The number of carbonyl (C=O) groups excluding carboxylic acids is 1. The zero-order valence-corrected chi connectivity index (χ0v) is 9.05. The molecule has 0 aromatic heterocycles. The molecule has 1 amide bonds. The van der Waals surface area contributed by atoms with Crippen LogP contribution in [0.3, 0.4) is 0 Å². The molecule has 0 rings (SSSR count). The van der Waals surface area contributed by atoms with Crippen molar-refractivity contribution in [1.29, 1.82) is 0 Å². The number of hydrogen-bond donors (Lipinski definition) is 3. The molecule has 3 N–H and O–H groups in total. The summed E-state index contributed by atoms with van der Waals surface area (Å²) in [5.41, 5.74) is 0. The van der Waals surface area contributed by atoms with Crippen molar-refractivity contribution in [3.8, 4) is 0 Å². The number of rotatable bonds is 4. The molecule has 0 aliphatic heterocycles. The van der Waals surface area contributed by atoms with Gasteiger partial charge in [-0.25, -0.2) is 0 Å². The first-order valence-corrected chi connectivity index (χ1v) is 5.92. The summed E-state index contributed by atoms with van der Waals surface area (Å²) in [5, 5.41) is 2.18. The van der Waals surface area contributed by atoms with E-state index in [-0.39, 0.29) is 5.88 Å². The Bertz CT molecular complexity index is 229. The number of alkyl halides is 1. The van der Waals surface area contributed by atoms with Crippen molar-refractivity contribution in [2.24, 2.45) is 5.92 Å². The molecule has 0 aliphatic rings. The van der Waals surface area contributed by atoms with E-state index in [4.69, 9.17) is 21.4 Å². The summed E-state index contributed by atoms with van der Waals surface area (Å²) in [6.07, 6.45) is 0. The molecule has 0 saturated carbocycles. The predicted molar refractivity (Wildman–Crippen MR) is 49.5 cm³/mol. The highest BCUT2D eigenvalue weighted by Gasteiger charge is 2.26. The molecule has 5 nitrogen and oxygen atoms in total. The number of hydrogen-bond acceptors (Lipinski definition) is 2. The number of nitrogens with one attached hydrogen (secondary N) is 1. The second-order valence-corrected chi connectivity index (χ2v) is 5.09. The lowest BCUT2D eigenvalue weighted by Crippen LogP contribution is -2.36. The Hall–Kier alpha value is -0.0900. The summed E-state index contributed by atoms with van der Waals surface area (Å²) in [7, 11) is -4.24. The van der Waals surface area contributed by atoms with Gasteiger partial charge in [-0.15, -0.1) is 11.6 Å². The van der Waals surface area contributed by atoms with Gasteiger partial charge < -0.3 is 15.1 Å². The fourth-order valence-corrected chi connectivity index (χ4v) is 0.938. The van der Waals surface area contributed by atoms with Crippen LogP contribution in [0.5, 0.6) is 0 Å². The van der Waals surface area contributed by atoms with Crippen LogP contribution < -0.4 is 5.32 Å². The number of halogens is 1. The van der Waals surface area contributed by atoms with Crippen LogP contribution in [0.25, 0.3) is 0 Å². The summed E-state index contributed by atoms with van der Waals surface area (Å²) in [6, 6.07) is 0. The van der Waals surface area contributed by atoms with Crippen molar-refractivity contribution in [1.82, 2.24) is 5.32 Å². The van der Waals surface area contributed by atoms with E-state index in [9.17, 15) is 9.36 Å². The van der Waals surface area contributed by atoms with Gasteiger partial charge in [0.1, 0.15) is 5.78 Å². The van der Waals surface area contributed by atoms with Gasteiger partial charge in [0.2, 0.25) is 5.91 Å². The number of amides is 1. The van der Waals surface area contributed by atoms with Crippen LogP contribution in [0, 0.1) is 5.92 Å². The molecule has 0 radical (unpaired) electrons. The quantitative estimate of drug-likeness (QED) is 0.484. The summed E-state index contributed by atoms with van der Waals surface area (Å²) in [4.78, 5) is 28.4. The van der Waals surface area contributed by atoms with Crippen LogP contribution in [0.15, 0.2) is 0 Å². The third-order valence-electron chi connectivity index (χ3n) is 1.53. The molecule has 0 saturated heterocycles. The Morgan fingerprint density at radius 3 is 2.31 bits per heavy atom. The topological polar surface area (TPSA) is 86.6 Å². The molecule has 0 aromatic rings. The van der Waals surface area contributed by atoms with Crippen LogP contribution in [0.2, 0.25) is 0 Å². The molecule has 2 atom stereocenters. The smallest absolute Gasteiger partial charge is 0.342 e. The third kappa shape index (κ3) is 4.62. The van der Waals surface area contributed by atoms with Gasteiger partial charge in [0, 0.05) is 11.8 Å². The Balaban J connectivity index is 4.15. The van der Waals surface area contributed by atoms with Gasteiger partial charge in [-0.05, 0) is 6.92 Å². The SMILES string of the molecule is CC(NC(=O)[C@@H](C)CCl)P(=O)(O)O. The van der Waals surface area contributed by atoms with Crippen LogP contribution in [0.1, 0.15) is 13.8 Å². The van der Waals surface area contributed by atoms with E-state index in [0.717, 1.165) is 0 Å². The molecular weight excluding hydrogens is 216 g/mol. The van der Waals surface area contributed by atoms with Gasteiger partial charge in [0.05, 0.1) is 0 Å². The molecule has 7 heteroatoms. The first kappa shape index (κ1) is 12.9. The fraction of sp³-hybridized carbons (Fsp3) is 0.833. The van der Waals surface area contributed by atoms with Crippen molar-refractivity contribution in [3.05, 3.63) is 0 Å². The van der Waals surface area contributed by atoms with E-state index in [1.807, 2.05) is 0 Å². The minimum Gasteiger partial charge on any atom is -0.342 e. The Labute approximate surface area is 81.6 Å². The van der Waals surface area contributed by atoms with Gasteiger partial charge >= 0.3 is 7.60 Å². The van der Waals surface area contributed by atoms with Gasteiger partial charge in [-0.1, -0.05) is 6.92 Å². The average Bonchev–Trinajstić information content (AvgIpc) is 2.01. The van der Waals surface area contributed by atoms with Crippen LogP contribution in [-0.2, 0) is 9.36 Å². The van der Waals surface area contributed by atoms with Crippen LogP contribution in [-0.4, -0.2) is 27.4 Å². The lowest BCUT2D eigenvalue weighted by atomic mass is 10.2. The molecule has 0 heterocycles. The van der Waals surface area contributed by atoms with Crippen LogP contribution >= 0.6 is 19.2 Å². The van der Waals surface area contributed by atoms with Crippen molar-refractivity contribution in [2.75, 3.05) is 5.88 Å². The van der Waals surface area contributed by atoms with E-state index in [1.54, 1.807) is 6.92 Å². The first-order valence-electron chi connectivity index (χ1n) is 3.70. The molecule has 0 aromatic carbocycles. The second-order valence-electron chi connectivity index (χ2n) is 2.83. The second kappa shape index (κ2) is 4.96. The zero-order chi connectivity index (χ0) is 10.6. The van der Waals surface area contributed by atoms with Gasteiger partial charge in [0.25, 0.3) is 0 Å². The van der Waals surface area contributed by atoms with Gasteiger partial charge in [-0.3, -0.25) is 9.36 Å². The van der Waals surface area contributed by atoms with Gasteiger partial charge in [-0.2, -0.15) is 0 Å². The van der Waals surface area contributed by atoms with Crippen molar-refractivity contribution >= 4 is 25.1 Å². The standard InChI is InChI=1S/C6H13ClNO4P/c1-4(3-7)6(9)8-5(2)13(10,11)12/h4-5H,3H2,1-2H3,(H,8,9)(H2,10,11,12)/t4-,5?/m0/s1. The highest BCUT2D eigenvalue weighted by molar-refractivity contribution is 7.52. The lowest BCUT2D eigenvalue weighted by molar-refractivity contribution is -0.124. The minimum absolute atomic E-state index is 0.125. The van der Waals surface area contributed by atoms with Crippen molar-refractivity contribution < 1.29 is 19.1 Å². The Morgan fingerprint density at radius 2 is 2.00 bits per heavy atom. The Kier molecular flexibility index (Phi) is 4.92. The zero-order valence-electron chi connectivity index (χ0n) is 7.40. The third-order valence-corrected chi connectivity index (χ3v) is 3.14. The maximum atomic E-state index is 11.1. The fourth-order valence-electron chi connectivity index (χ4n) is 0.502. The highest BCUT2D eigenvalue weighted by Crippen LogP contribution is 2.39. The Morgan fingerprint density at radius 1 is 1.54 bits per heavy atom. The molecule has 1 unspecified atom stereocenters. The average molecular weight is 230 g/mol. The summed E-state index contributed by atoms with van der Waals surface area (Å²) in [5.74, 6) is -1.94. The highest BCUT2D eigenvalue weighted by atomic mass is 35.5. The van der Waals surface area contributed by atoms with Crippen LogP contribution in [0.4, 0.5) is 0 Å². The molecule has 0 aliphatic carbocycles. The summed E-state index contributed by atoms with van der Waals surface area (Å²) < 4.78 is 10.6. The predicted octanol–water partition coefficient (Wildman–Crippen LogP) is 0.501. The van der Waals surface area contributed by atoms with E-state index in [1.165, 1.54) is 6.92 Å². The van der Waals surface area contributed by atoms with E-state index in [0.29, 0.717) is 0 Å². The monoisotopic (exact) mass is 229 g/mol. The molecule has 0 fully saturated rings. The normalized spacial score (nSPS) is 16.4.